The molecule has 0 saturated carbocycles. The third kappa shape index (κ3) is 6.25. The summed E-state index contributed by atoms with van der Waals surface area (Å²) < 4.78 is 0. The molecule has 5 heterocycles. The predicted octanol–water partition coefficient (Wildman–Crippen LogP) is 11.0. The number of rotatable bonds is 0. The molecule has 4 heteroatoms. The first-order chi connectivity index (χ1) is 23.2. The van der Waals surface area contributed by atoms with Crippen LogP contribution in [0.3, 0.4) is 0 Å². The lowest BCUT2D eigenvalue weighted by Gasteiger charge is -2.29. The second-order valence-electron chi connectivity index (χ2n) is 17.0. The highest BCUT2D eigenvalue weighted by Gasteiger charge is 2.45. The molecule has 8 bridgehead atoms. The van der Waals surface area contributed by atoms with Crippen molar-refractivity contribution in [3.63, 3.8) is 0 Å². The number of H-pyrrole nitrogens is 3. The molecule has 2 aliphatic heterocycles. The van der Waals surface area contributed by atoms with E-state index in [1.165, 1.54) is 171 Å². The first kappa shape index (κ1) is 35.7. The molecule has 4 nitrogen and oxygen atoms in total. The van der Waals surface area contributed by atoms with E-state index in [0.717, 1.165) is 12.3 Å². The Bertz CT molecular complexity index is 1930. The fourth-order valence-electron chi connectivity index (χ4n) is 9.79. The number of hydrogen-bond acceptors (Lipinski definition) is 1. The van der Waals surface area contributed by atoms with Gasteiger partial charge in [0.05, 0.1) is 0 Å². The summed E-state index contributed by atoms with van der Waals surface area (Å²) in [6.07, 6.45) is 15.8. The van der Waals surface area contributed by atoms with Gasteiger partial charge >= 0.3 is 0 Å². The first-order valence-electron chi connectivity index (χ1n) is 19.7. The van der Waals surface area contributed by atoms with Crippen LogP contribution >= 0.6 is 0 Å². The minimum absolute atomic E-state index is 0.0141. The summed E-state index contributed by atoms with van der Waals surface area (Å²) in [5, 5.41) is 6.75. The molecule has 1 fully saturated rings. The summed E-state index contributed by atoms with van der Waals surface area (Å²) in [5.74, 6) is 1.25. The van der Waals surface area contributed by atoms with Crippen LogP contribution in [0.5, 0.6) is 0 Å². The Morgan fingerprint density at radius 2 is 0.959 bits per heavy atom. The van der Waals surface area contributed by atoms with Crippen molar-refractivity contribution in [3.05, 3.63) is 78.2 Å². The highest BCUT2D eigenvalue weighted by Crippen LogP contribution is 2.52. The summed E-state index contributed by atoms with van der Waals surface area (Å²) in [7, 11) is 0. The van der Waals surface area contributed by atoms with Gasteiger partial charge in [0.2, 0.25) is 0 Å². The van der Waals surface area contributed by atoms with Gasteiger partial charge in [0.1, 0.15) is 0 Å². The number of aromatic amines is 3. The van der Waals surface area contributed by atoms with Crippen LogP contribution in [-0.4, -0.2) is 15.0 Å². The third-order valence-corrected chi connectivity index (χ3v) is 13.5. The molecule has 0 amide bonds. The average molecular weight is 663 g/mol. The van der Waals surface area contributed by atoms with Gasteiger partial charge in [0, 0.05) is 56.2 Å². The van der Waals surface area contributed by atoms with E-state index in [-0.39, 0.29) is 5.41 Å². The average Bonchev–Trinajstić information content (AvgIpc) is 3.72. The normalized spacial score (nSPS) is 22.6. The summed E-state index contributed by atoms with van der Waals surface area (Å²) in [5.41, 5.74) is 21.7. The topological polar surface area (TPSA) is 59.4 Å². The van der Waals surface area contributed by atoms with Crippen molar-refractivity contribution in [2.24, 2.45) is 17.3 Å². The minimum atomic E-state index is -0.0141. The highest BCUT2D eigenvalue weighted by molar-refractivity contribution is 5.79. The summed E-state index contributed by atoms with van der Waals surface area (Å²) in [6, 6.07) is 0. The first-order valence-corrected chi connectivity index (χ1v) is 19.7. The van der Waals surface area contributed by atoms with E-state index in [1.54, 1.807) is 0 Å². The Kier molecular flexibility index (Phi) is 10.1. The minimum Gasteiger partial charge on any atom is -0.361 e. The van der Waals surface area contributed by atoms with Gasteiger partial charge in [-0.15, -0.1) is 0 Å². The lowest BCUT2D eigenvalue weighted by Crippen LogP contribution is -2.22. The molecule has 49 heavy (non-hydrogen) atoms. The van der Waals surface area contributed by atoms with E-state index in [4.69, 9.17) is 0 Å². The molecule has 0 aromatic carbocycles. The molecule has 3 aromatic rings. The zero-order valence-electron chi connectivity index (χ0n) is 33.1. The van der Waals surface area contributed by atoms with E-state index >= 15 is 0 Å². The van der Waals surface area contributed by atoms with Crippen molar-refractivity contribution >= 4 is 22.3 Å². The van der Waals surface area contributed by atoms with Crippen molar-refractivity contribution in [1.29, 1.82) is 0 Å². The summed E-state index contributed by atoms with van der Waals surface area (Å²) >= 11 is 0. The molecule has 3 aromatic heterocycles. The number of hydrogen-bond donors (Lipinski definition) is 4. The van der Waals surface area contributed by atoms with Crippen LogP contribution in [0.4, 0.5) is 0 Å². The largest absolute Gasteiger partial charge is 0.361 e. The molecule has 0 spiro atoms. The lowest BCUT2D eigenvalue weighted by molar-refractivity contribution is 0.305. The second kappa shape index (κ2) is 13.9. The van der Waals surface area contributed by atoms with Crippen LogP contribution < -0.4 is 16.0 Å². The van der Waals surface area contributed by atoms with Crippen LogP contribution in [0.2, 0.25) is 0 Å². The van der Waals surface area contributed by atoms with Crippen molar-refractivity contribution in [2.45, 2.75) is 160 Å². The second-order valence-corrected chi connectivity index (χ2v) is 17.0. The van der Waals surface area contributed by atoms with Gasteiger partial charge in [-0.05, 0) is 143 Å². The summed E-state index contributed by atoms with van der Waals surface area (Å²) in [4.78, 5) is 12.0. The van der Waals surface area contributed by atoms with Gasteiger partial charge in [0.25, 0.3) is 0 Å². The smallest absolute Gasteiger partial charge is 0.0468 e. The molecule has 2 atom stereocenters. The van der Waals surface area contributed by atoms with Crippen molar-refractivity contribution in [3.8, 4) is 0 Å². The maximum Gasteiger partial charge on any atom is 0.0468 e. The van der Waals surface area contributed by atoms with Gasteiger partial charge < -0.3 is 20.3 Å². The maximum atomic E-state index is 4.26. The van der Waals surface area contributed by atoms with Gasteiger partial charge in [-0.1, -0.05) is 78.6 Å². The fourth-order valence-corrected chi connectivity index (χ4v) is 9.79. The SMILES string of the molecule is CC1=C2NC3=C(CCCCCCCCCC(C)CCCC3C2(C)C)c2[nH]c(c(C)c2C)C(C)=c2[nH]c(c(C)c2C)=C(C)c2[nH]c1c(C)c2C. The molecule has 3 aliphatic rings. The van der Waals surface area contributed by atoms with E-state index < -0.39 is 0 Å². The third-order valence-electron chi connectivity index (χ3n) is 13.5. The Morgan fingerprint density at radius 1 is 0.490 bits per heavy atom. The highest BCUT2D eigenvalue weighted by atomic mass is 15.0. The molecule has 4 N–H and O–H groups in total. The van der Waals surface area contributed by atoms with Gasteiger partial charge in [-0.3, -0.25) is 0 Å². The molecule has 1 saturated heterocycles. The van der Waals surface area contributed by atoms with Crippen molar-refractivity contribution in [2.75, 3.05) is 0 Å². The number of allylic oxidation sites excluding steroid dienone is 4. The van der Waals surface area contributed by atoms with Crippen LogP contribution in [0.15, 0.2) is 11.4 Å². The Balaban J connectivity index is 1.67. The Morgan fingerprint density at radius 3 is 1.55 bits per heavy atom. The van der Waals surface area contributed by atoms with Crippen LogP contribution in [0, 0.1) is 58.8 Å². The molecule has 6 rings (SSSR count). The molecule has 266 valence electrons. The van der Waals surface area contributed by atoms with Crippen LogP contribution in [-0.2, 0) is 0 Å². The number of fused-ring (bicyclic) bond motifs is 8. The standard InChI is InChI=1S/C45H66N4/c1-25-21-18-16-14-13-15-17-19-23-35-42-31(7)30(6)40(48-42)33(9)38-27(3)26(2)37(46-38)32(8)39-28(4)29(5)41(47-39)34(10)44-45(11,12)36(24-20-22-25)43(35)49-44/h25,36,46-49H,13-24H2,1-12H3. The van der Waals surface area contributed by atoms with Crippen LogP contribution in [0.25, 0.3) is 22.3 Å². The molecule has 0 radical (unpaired) electrons. The van der Waals surface area contributed by atoms with E-state index in [2.05, 4.69) is 103 Å². The van der Waals surface area contributed by atoms with Gasteiger partial charge in [0.15, 0.2) is 0 Å². The quantitative estimate of drug-likeness (QED) is 0.190. The zero-order valence-corrected chi connectivity index (χ0v) is 33.1. The van der Waals surface area contributed by atoms with Gasteiger partial charge in [-0.2, -0.15) is 0 Å². The predicted molar refractivity (Wildman–Crippen MR) is 211 cm³/mol. The van der Waals surface area contributed by atoms with Crippen LogP contribution in [0.1, 0.15) is 175 Å². The van der Waals surface area contributed by atoms with Gasteiger partial charge in [-0.25, -0.2) is 0 Å². The Hall–Kier alpha value is -3.14. The monoisotopic (exact) mass is 663 g/mol. The summed E-state index contributed by atoms with van der Waals surface area (Å²) in [6.45, 7) is 28.4. The molecule has 2 unspecified atom stereocenters. The molecular formula is C45H66N4. The maximum absolute atomic E-state index is 4.26. The van der Waals surface area contributed by atoms with E-state index in [9.17, 15) is 0 Å². The zero-order chi connectivity index (χ0) is 35.4. The van der Waals surface area contributed by atoms with Crippen molar-refractivity contribution in [1.82, 2.24) is 20.3 Å². The van der Waals surface area contributed by atoms with E-state index in [0.29, 0.717) is 5.92 Å². The Labute approximate surface area is 297 Å². The van der Waals surface area contributed by atoms with E-state index in [1.807, 2.05) is 0 Å². The number of aromatic nitrogens is 3. The molecular weight excluding hydrogens is 597 g/mol. The van der Waals surface area contributed by atoms with Crippen molar-refractivity contribution < 1.29 is 0 Å². The lowest BCUT2D eigenvalue weighted by atomic mass is 9.73. The molecule has 1 aliphatic carbocycles. The number of nitrogens with one attached hydrogen (secondary N) is 4. The fraction of sp³-hybridized carbons (Fsp3) is 0.600.